The van der Waals surface area contributed by atoms with Gasteiger partial charge in [0.1, 0.15) is 5.82 Å². The molecule has 1 aromatic heterocycles. The molecular weight excluding hydrogens is 341 g/mol. The highest BCUT2D eigenvalue weighted by atomic mass is 19.1. The first-order chi connectivity index (χ1) is 12.2. The van der Waals surface area contributed by atoms with E-state index in [1.54, 1.807) is 20.8 Å². The van der Waals surface area contributed by atoms with Gasteiger partial charge in [0, 0.05) is 5.69 Å². The van der Waals surface area contributed by atoms with Crippen molar-refractivity contribution in [1.82, 2.24) is 4.98 Å². The molecule has 0 radical (unpaired) electrons. The van der Waals surface area contributed by atoms with Crippen LogP contribution < -0.4 is 0 Å². The van der Waals surface area contributed by atoms with Gasteiger partial charge in [-0.15, -0.1) is 0 Å². The van der Waals surface area contributed by atoms with Crippen molar-refractivity contribution >= 4 is 17.7 Å². The summed E-state index contributed by atoms with van der Waals surface area (Å²) in [5.41, 5.74) is 1.76. The van der Waals surface area contributed by atoms with Crippen LogP contribution in [0.5, 0.6) is 0 Å². The van der Waals surface area contributed by atoms with Crippen molar-refractivity contribution in [1.29, 1.82) is 0 Å². The number of carbonyl (C=O) groups excluding carboxylic acids is 3. The number of ketones is 1. The number of aromatic amines is 1. The third kappa shape index (κ3) is 3.66. The number of rotatable bonds is 5. The van der Waals surface area contributed by atoms with E-state index in [4.69, 9.17) is 9.47 Å². The van der Waals surface area contributed by atoms with Crippen LogP contribution in [0.3, 0.4) is 0 Å². The highest BCUT2D eigenvalue weighted by molar-refractivity contribution is 6.04. The number of ether oxygens (including phenoxy) is 2. The first-order valence-corrected chi connectivity index (χ1v) is 7.96. The molecule has 26 heavy (non-hydrogen) atoms. The third-order valence-electron chi connectivity index (χ3n) is 4.13. The number of carbonyl (C=O) groups is 3. The van der Waals surface area contributed by atoms with Gasteiger partial charge in [-0.3, -0.25) is 4.79 Å². The number of H-pyrrole nitrogens is 1. The molecular formula is C19H20FNO5. The summed E-state index contributed by atoms with van der Waals surface area (Å²) in [5.74, 6) is -2.40. The van der Waals surface area contributed by atoms with E-state index >= 15 is 0 Å². The maximum Gasteiger partial charge on any atom is 0.339 e. The number of Topliss-reactive ketones (excluding diaryl/α,β-unsaturated/α-hetero) is 1. The fourth-order valence-electron chi connectivity index (χ4n) is 2.61. The number of benzene rings is 1. The minimum atomic E-state index is -1.12. The summed E-state index contributed by atoms with van der Waals surface area (Å²) in [7, 11) is 1.25. The number of hydrogen-bond acceptors (Lipinski definition) is 5. The van der Waals surface area contributed by atoms with E-state index in [0.29, 0.717) is 16.8 Å². The number of aryl methyl sites for hydroxylation is 2. The Hall–Kier alpha value is -2.96. The van der Waals surface area contributed by atoms with Crippen molar-refractivity contribution in [2.24, 2.45) is 0 Å². The molecule has 0 saturated heterocycles. The smallest absolute Gasteiger partial charge is 0.339 e. The molecule has 6 nitrogen and oxygen atoms in total. The van der Waals surface area contributed by atoms with Crippen molar-refractivity contribution in [3.63, 3.8) is 0 Å². The van der Waals surface area contributed by atoms with Gasteiger partial charge in [-0.05, 0) is 51.0 Å². The zero-order chi connectivity index (χ0) is 19.6. The van der Waals surface area contributed by atoms with Gasteiger partial charge in [0.15, 0.2) is 6.10 Å². The molecule has 0 fully saturated rings. The van der Waals surface area contributed by atoms with Gasteiger partial charge in [-0.2, -0.15) is 0 Å². The molecule has 7 heteroatoms. The Morgan fingerprint density at radius 3 is 2.35 bits per heavy atom. The molecule has 1 aromatic carbocycles. The molecule has 138 valence electrons. The van der Waals surface area contributed by atoms with Crippen LogP contribution in [0.15, 0.2) is 18.2 Å². The third-order valence-corrected chi connectivity index (χ3v) is 4.13. The average molecular weight is 361 g/mol. The van der Waals surface area contributed by atoms with E-state index < -0.39 is 29.6 Å². The van der Waals surface area contributed by atoms with Crippen molar-refractivity contribution in [2.75, 3.05) is 7.11 Å². The van der Waals surface area contributed by atoms with Crippen LogP contribution in [0, 0.1) is 26.6 Å². The molecule has 0 aliphatic heterocycles. The largest absolute Gasteiger partial charge is 0.465 e. The van der Waals surface area contributed by atoms with Crippen LogP contribution in [0.25, 0.3) is 0 Å². The number of esters is 2. The van der Waals surface area contributed by atoms with E-state index in [-0.39, 0.29) is 16.8 Å². The molecule has 1 unspecified atom stereocenters. The van der Waals surface area contributed by atoms with Crippen molar-refractivity contribution in [3.05, 3.63) is 57.7 Å². The Balaban J connectivity index is 2.21. The quantitative estimate of drug-likeness (QED) is 0.652. The summed E-state index contributed by atoms with van der Waals surface area (Å²) in [6.07, 6.45) is -1.12. The Morgan fingerprint density at radius 1 is 1.12 bits per heavy atom. The number of aromatic nitrogens is 1. The van der Waals surface area contributed by atoms with Gasteiger partial charge in [0.25, 0.3) is 0 Å². The fraction of sp³-hybridized carbons (Fsp3) is 0.316. The molecule has 0 bridgehead atoms. The molecule has 0 spiro atoms. The first-order valence-electron chi connectivity index (χ1n) is 7.96. The Morgan fingerprint density at radius 2 is 1.77 bits per heavy atom. The zero-order valence-corrected chi connectivity index (χ0v) is 15.2. The normalized spacial score (nSPS) is 11.8. The fourth-order valence-corrected chi connectivity index (χ4v) is 2.61. The summed E-state index contributed by atoms with van der Waals surface area (Å²) < 4.78 is 23.4. The number of halogens is 1. The van der Waals surface area contributed by atoms with E-state index in [2.05, 4.69) is 4.98 Å². The first kappa shape index (κ1) is 19.4. The van der Waals surface area contributed by atoms with Gasteiger partial charge >= 0.3 is 11.9 Å². The molecule has 1 N–H and O–H groups in total. The van der Waals surface area contributed by atoms with Crippen LogP contribution in [0.4, 0.5) is 4.39 Å². The maximum absolute atomic E-state index is 13.6. The summed E-state index contributed by atoms with van der Waals surface area (Å²) in [5, 5.41) is 0. The number of nitrogens with one attached hydrogen (secondary N) is 1. The summed E-state index contributed by atoms with van der Waals surface area (Å²) in [6.45, 7) is 6.23. The standard InChI is InChI=1S/C19H20FNO5/c1-9-6-7-13(8-14(9)20)18(23)26-12(4)17(22)16-10(2)15(11(3)21-16)19(24)25-5/h6-8,12,21H,1-5H3. The zero-order valence-electron chi connectivity index (χ0n) is 15.2. The van der Waals surface area contributed by atoms with Crippen molar-refractivity contribution in [3.8, 4) is 0 Å². The highest BCUT2D eigenvalue weighted by Crippen LogP contribution is 2.21. The Labute approximate surface area is 150 Å². The molecule has 0 saturated carbocycles. The number of hydrogen-bond donors (Lipinski definition) is 1. The van der Waals surface area contributed by atoms with Crippen LogP contribution >= 0.6 is 0 Å². The van der Waals surface area contributed by atoms with Crippen LogP contribution in [-0.2, 0) is 9.47 Å². The lowest BCUT2D eigenvalue weighted by Crippen LogP contribution is -2.25. The maximum atomic E-state index is 13.6. The molecule has 2 aromatic rings. The van der Waals surface area contributed by atoms with Gasteiger partial charge in [-0.25, -0.2) is 14.0 Å². The lowest BCUT2D eigenvalue weighted by Gasteiger charge is -2.12. The molecule has 2 rings (SSSR count). The van der Waals surface area contributed by atoms with Crippen molar-refractivity contribution in [2.45, 2.75) is 33.8 Å². The van der Waals surface area contributed by atoms with Gasteiger partial charge < -0.3 is 14.5 Å². The van der Waals surface area contributed by atoms with E-state index in [1.807, 2.05) is 0 Å². The van der Waals surface area contributed by atoms with E-state index in [1.165, 1.54) is 26.2 Å². The van der Waals surface area contributed by atoms with Gasteiger partial charge in [0.05, 0.1) is 23.9 Å². The van der Waals surface area contributed by atoms with Crippen molar-refractivity contribution < 1.29 is 28.2 Å². The molecule has 0 amide bonds. The lowest BCUT2D eigenvalue weighted by atomic mass is 10.1. The lowest BCUT2D eigenvalue weighted by molar-refractivity contribution is 0.0316. The summed E-state index contributed by atoms with van der Waals surface area (Å²) >= 11 is 0. The SMILES string of the molecule is COC(=O)c1c(C)[nH]c(C(=O)C(C)OC(=O)c2ccc(C)c(F)c2)c1C. The molecule has 0 aliphatic carbocycles. The van der Waals surface area contributed by atoms with Gasteiger partial charge in [0.2, 0.25) is 5.78 Å². The molecule has 1 atom stereocenters. The van der Waals surface area contributed by atoms with Crippen LogP contribution in [0.2, 0.25) is 0 Å². The second-order valence-electron chi connectivity index (χ2n) is 5.99. The second kappa shape index (κ2) is 7.51. The van der Waals surface area contributed by atoms with E-state index in [0.717, 1.165) is 6.07 Å². The van der Waals surface area contributed by atoms with Gasteiger partial charge in [-0.1, -0.05) is 6.07 Å². The highest BCUT2D eigenvalue weighted by Gasteiger charge is 2.27. The molecule has 0 aliphatic rings. The summed E-state index contributed by atoms with van der Waals surface area (Å²) in [4.78, 5) is 39.4. The number of methoxy groups -OCH3 is 1. The van der Waals surface area contributed by atoms with Crippen LogP contribution in [-0.4, -0.2) is 35.9 Å². The average Bonchev–Trinajstić information content (AvgIpc) is 2.90. The predicted molar refractivity (Wildman–Crippen MR) is 92.0 cm³/mol. The minimum absolute atomic E-state index is 0.0161. The Kier molecular flexibility index (Phi) is 5.59. The predicted octanol–water partition coefficient (Wildman–Crippen LogP) is 3.29. The summed E-state index contributed by atoms with van der Waals surface area (Å²) in [6, 6.07) is 3.95. The minimum Gasteiger partial charge on any atom is -0.465 e. The topological polar surface area (TPSA) is 85.5 Å². The Bertz CT molecular complexity index is 884. The second-order valence-corrected chi connectivity index (χ2v) is 5.99. The van der Waals surface area contributed by atoms with Crippen LogP contribution in [0.1, 0.15) is 54.9 Å². The monoisotopic (exact) mass is 361 g/mol. The van der Waals surface area contributed by atoms with E-state index in [9.17, 15) is 18.8 Å². The molecule has 1 heterocycles.